The molecule has 0 atom stereocenters. The zero-order valence-electron chi connectivity index (χ0n) is 9.98. The molecule has 1 aromatic carbocycles. The van der Waals surface area contributed by atoms with E-state index in [0.717, 1.165) is 0 Å². The molecule has 0 saturated carbocycles. The van der Waals surface area contributed by atoms with Crippen molar-refractivity contribution in [1.29, 1.82) is 0 Å². The molecule has 0 saturated heterocycles. The van der Waals surface area contributed by atoms with E-state index in [1.807, 2.05) is 0 Å². The van der Waals surface area contributed by atoms with Crippen molar-refractivity contribution in [1.82, 2.24) is 4.57 Å². The normalized spacial score (nSPS) is 10.3. The summed E-state index contributed by atoms with van der Waals surface area (Å²) in [4.78, 5) is 23.3. The molecule has 1 amide bonds. The SMILES string of the molecule is Cn1ccc(C(=O)Nc2cccc(Cl)c2F)cc1=O. The first-order valence-corrected chi connectivity index (χ1v) is 5.79. The minimum absolute atomic E-state index is 0.0295. The van der Waals surface area contributed by atoms with E-state index in [1.54, 1.807) is 7.05 Å². The smallest absolute Gasteiger partial charge is 0.255 e. The number of anilines is 1. The molecule has 0 fully saturated rings. The van der Waals surface area contributed by atoms with Gasteiger partial charge in [0.2, 0.25) is 0 Å². The highest BCUT2D eigenvalue weighted by molar-refractivity contribution is 6.31. The summed E-state index contributed by atoms with van der Waals surface area (Å²) >= 11 is 5.61. The number of nitrogens with one attached hydrogen (secondary N) is 1. The molecular weight excluding hydrogens is 271 g/mol. The van der Waals surface area contributed by atoms with Gasteiger partial charge in [0.05, 0.1) is 10.7 Å². The molecule has 0 bridgehead atoms. The molecule has 0 aliphatic carbocycles. The second-order valence-electron chi connectivity index (χ2n) is 3.92. The van der Waals surface area contributed by atoms with Crippen molar-refractivity contribution in [3.63, 3.8) is 0 Å². The predicted molar refractivity (Wildman–Crippen MR) is 71.0 cm³/mol. The van der Waals surface area contributed by atoms with Gasteiger partial charge in [0, 0.05) is 24.9 Å². The van der Waals surface area contributed by atoms with Gasteiger partial charge in [-0.25, -0.2) is 4.39 Å². The van der Waals surface area contributed by atoms with Crippen LogP contribution in [0.15, 0.2) is 41.3 Å². The van der Waals surface area contributed by atoms with Crippen LogP contribution in [0.3, 0.4) is 0 Å². The van der Waals surface area contributed by atoms with E-state index in [2.05, 4.69) is 5.32 Å². The minimum Gasteiger partial charge on any atom is -0.319 e. The number of hydrogen-bond acceptors (Lipinski definition) is 2. The summed E-state index contributed by atoms with van der Waals surface area (Å²) in [6.45, 7) is 0. The van der Waals surface area contributed by atoms with Crippen molar-refractivity contribution < 1.29 is 9.18 Å². The third-order valence-corrected chi connectivity index (χ3v) is 2.86. The van der Waals surface area contributed by atoms with Crippen LogP contribution in [0.4, 0.5) is 10.1 Å². The minimum atomic E-state index is -0.707. The second-order valence-corrected chi connectivity index (χ2v) is 4.33. The number of carbonyl (C=O) groups excluding carboxylic acids is 1. The van der Waals surface area contributed by atoms with Crippen molar-refractivity contribution in [2.45, 2.75) is 0 Å². The second kappa shape index (κ2) is 5.24. The van der Waals surface area contributed by atoms with E-state index < -0.39 is 11.7 Å². The molecule has 98 valence electrons. The summed E-state index contributed by atoms with van der Waals surface area (Å²) in [5, 5.41) is 2.29. The maximum atomic E-state index is 13.6. The summed E-state index contributed by atoms with van der Waals surface area (Å²) in [5.74, 6) is -1.28. The predicted octanol–water partition coefficient (Wildman–Crippen LogP) is 2.43. The molecular formula is C13H10ClFN2O2. The molecule has 6 heteroatoms. The number of aromatic nitrogens is 1. The summed E-state index contributed by atoms with van der Waals surface area (Å²) in [7, 11) is 1.57. The van der Waals surface area contributed by atoms with E-state index in [1.165, 1.54) is 41.1 Å². The molecule has 2 rings (SSSR count). The lowest BCUT2D eigenvalue weighted by Crippen LogP contribution is -2.20. The Morgan fingerprint density at radius 3 is 2.79 bits per heavy atom. The van der Waals surface area contributed by atoms with E-state index >= 15 is 0 Å². The van der Waals surface area contributed by atoms with Crippen molar-refractivity contribution >= 4 is 23.2 Å². The Morgan fingerprint density at radius 1 is 1.37 bits per heavy atom. The van der Waals surface area contributed by atoms with Crippen LogP contribution in [0.1, 0.15) is 10.4 Å². The Morgan fingerprint density at radius 2 is 2.11 bits per heavy atom. The van der Waals surface area contributed by atoms with Crippen molar-refractivity contribution in [3.8, 4) is 0 Å². The van der Waals surface area contributed by atoms with Gasteiger partial charge in [0.1, 0.15) is 0 Å². The number of aryl methyl sites for hydroxylation is 1. The molecule has 0 aliphatic rings. The number of halogens is 2. The first kappa shape index (κ1) is 13.3. The molecule has 0 radical (unpaired) electrons. The van der Waals surface area contributed by atoms with Gasteiger partial charge < -0.3 is 9.88 Å². The Balaban J connectivity index is 2.28. The quantitative estimate of drug-likeness (QED) is 0.918. The fourth-order valence-corrected chi connectivity index (χ4v) is 1.66. The molecule has 1 heterocycles. The maximum Gasteiger partial charge on any atom is 0.255 e. The number of rotatable bonds is 2. The van der Waals surface area contributed by atoms with Gasteiger partial charge in [-0.05, 0) is 18.2 Å². The number of benzene rings is 1. The van der Waals surface area contributed by atoms with Crippen molar-refractivity contribution in [2.24, 2.45) is 7.05 Å². The molecule has 0 aliphatic heterocycles. The van der Waals surface area contributed by atoms with Gasteiger partial charge in [-0.1, -0.05) is 17.7 Å². The van der Waals surface area contributed by atoms with Crippen LogP contribution >= 0.6 is 11.6 Å². The molecule has 1 aromatic heterocycles. The van der Waals surface area contributed by atoms with Crippen LogP contribution in [-0.4, -0.2) is 10.5 Å². The average molecular weight is 281 g/mol. The summed E-state index contributed by atoms with van der Waals surface area (Å²) in [5.41, 5.74) is -0.195. The zero-order chi connectivity index (χ0) is 14.0. The van der Waals surface area contributed by atoms with E-state index in [0.29, 0.717) is 0 Å². The summed E-state index contributed by atoms with van der Waals surface area (Å²) in [6.07, 6.45) is 1.46. The fraction of sp³-hybridized carbons (Fsp3) is 0.0769. The van der Waals surface area contributed by atoms with Gasteiger partial charge in [0.25, 0.3) is 11.5 Å². The Kier molecular flexibility index (Phi) is 3.66. The largest absolute Gasteiger partial charge is 0.319 e. The van der Waals surface area contributed by atoms with Gasteiger partial charge in [-0.3, -0.25) is 9.59 Å². The van der Waals surface area contributed by atoms with Crippen molar-refractivity contribution in [2.75, 3.05) is 5.32 Å². The topological polar surface area (TPSA) is 51.1 Å². The number of carbonyl (C=O) groups is 1. The fourth-order valence-electron chi connectivity index (χ4n) is 1.48. The van der Waals surface area contributed by atoms with Crippen LogP contribution in [0, 0.1) is 5.82 Å². The third kappa shape index (κ3) is 2.82. The van der Waals surface area contributed by atoms with Crippen LogP contribution in [0.2, 0.25) is 5.02 Å². The van der Waals surface area contributed by atoms with Crippen LogP contribution in [0.25, 0.3) is 0 Å². The van der Waals surface area contributed by atoms with E-state index in [4.69, 9.17) is 11.6 Å². The Hall–Kier alpha value is -2.14. The monoisotopic (exact) mass is 280 g/mol. The van der Waals surface area contributed by atoms with Gasteiger partial charge in [-0.2, -0.15) is 0 Å². The van der Waals surface area contributed by atoms with Crippen LogP contribution in [-0.2, 0) is 7.05 Å². The lowest BCUT2D eigenvalue weighted by molar-refractivity contribution is 0.102. The maximum absolute atomic E-state index is 13.6. The number of amides is 1. The molecule has 2 aromatic rings. The van der Waals surface area contributed by atoms with Crippen molar-refractivity contribution in [3.05, 3.63) is 63.3 Å². The average Bonchev–Trinajstić information content (AvgIpc) is 2.38. The highest BCUT2D eigenvalue weighted by Gasteiger charge is 2.11. The molecule has 0 unspecified atom stereocenters. The molecule has 19 heavy (non-hydrogen) atoms. The number of hydrogen-bond donors (Lipinski definition) is 1. The molecule has 0 spiro atoms. The lowest BCUT2D eigenvalue weighted by Gasteiger charge is -2.07. The van der Waals surface area contributed by atoms with E-state index in [-0.39, 0.29) is 21.8 Å². The standard InChI is InChI=1S/C13H10ClFN2O2/c1-17-6-5-8(7-11(17)18)13(19)16-10-4-2-3-9(14)12(10)15/h2-7H,1H3,(H,16,19). The summed E-state index contributed by atoms with van der Waals surface area (Å²) in [6, 6.07) is 6.94. The molecule has 1 N–H and O–H groups in total. The van der Waals surface area contributed by atoms with Gasteiger partial charge in [-0.15, -0.1) is 0 Å². The Labute approximate surface area is 113 Å². The number of nitrogens with zero attached hydrogens (tertiary/aromatic N) is 1. The lowest BCUT2D eigenvalue weighted by atomic mass is 10.2. The van der Waals surface area contributed by atoms with Crippen LogP contribution in [0.5, 0.6) is 0 Å². The zero-order valence-corrected chi connectivity index (χ0v) is 10.7. The van der Waals surface area contributed by atoms with Gasteiger partial charge >= 0.3 is 0 Å². The van der Waals surface area contributed by atoms with Crippen LogP contribution < -0.4 is 10.9 Å². The Bertz CT molecular complexity index is 697. The number of pyridine rings is 1. The summed E-state index contributed by atoms with van der Waals surface area (Å²) < 4.78 is 14.9. The first-order valence-electron chi connectivity index (χ1n) is 5.41. The highest BCUT2D eigenvalue weighted by Crippen LogP contribution is 2.22. The first-order chi connectivity index (χ1) is 8.99. The molecule has 4 nitrogen and oxygen atoms in total. The highest BCUT2D eigenvalue weighted by atomic mass is 35.5. The third-order valence-electron chi connectivity index (χ3n) is 2.57. The van der Waals surface area contributed by atoms with Gasteiger partial charge in [0.15, 0.2) is 5.82 Å². The van der Waals surface area contributed by atoms with E-state index in [9.17, 15) is 14.0 Å².